The number of carbonyl (C=O) groups excluding carboxylic acids is 1. The molecule has 0 saturated heterocycles. The van der Waals surface area contributed by atoms with Gasteiger partial charge in [-0.3, -0.25) is 14.2 Å². The van der Waals surface area contributed by atoms with E-state index < -0.39 is 11.6 Å². The van der Waals surface area contributed by atoms with E-state index in [4.69, 9.17) is 0 Å². The Balaban J connectivity index is 2.03. The molecule has 3 aromatic rings. The molecule has 2 aromatic heterocycles. The third kappa shape index (κ3) is 2.35. The molecule has 2 heterocycles. The Morgan fingerprint density at radius 2 is 2.05 bits per heavy atom. The quantitative estimate of drug-likeness (QED) is 0.698. The van der Waals surface area contributed by atoms with Crippen LogP contribution in [0.2, 0.25) is 0 Å². The van der Waals surface area contributed by atoms with Gasteiger partial charge >= 0.3 is 0 Å². The first-order chi connectivity index (χ1) is 10.5. The highest BCUT2D eigenvalue weighted by atomic mass is 32.1. The predicted molar refractivity (Wildman–Crippen MR) is 84.1 cm³/mol. The van der Waals surface area contributed by atoms with E-state index in [2.05, 4.69) is 4.98 Å². The third-order valence-corrected chi connectivity index (χ3v) is 4.76. The standard InChI is InChI=1S/C16H13FN2O2S/c1-9-10(2)22-15-14(9)16(21)19(8-18-15)7-13(20)11-5-3-4-6-12(11)17/h3-6,8H,7H2,1-2H3. The third-order valence-electron chi connectivity index (χ3n) is 3.64. The van der Waals surface area contributed by atoms with Gasteiger partial charge in [0.2, 0.25) is 0 Å². The van der Waals surface area contributed by atoms with E-state index in [1.165, 1.54) is 40.4 Å². The summed E-state index contributed by atoms with van der Waals surface area (Å²) in [5.74, 6) is -1.04. The summed E-state index contributed by atoms with van der Waals surface area (Å²) in [7, 11) is 0. The van der Waals surface area contributed by atoms with Gasteiger partial charge in [0, 0.05) is 4.88 Å². The van der Waals surface area contributed by atoms with Crippen molar-refractivity contribution >= 4 is 27.3 Å². The largest absolute Gasteiger partial charge is 0.292 e. The number of halogens is 1. The van der Waals surface area contributed by atoms with Crippen LogP contribution in [0.25, 0.3) is 10.2 Å². The second-order valence-corrected chi connectivity index (χ2v) is 6.25. The SMILES string of the molecule is Cc1sc2ncn(CC(=O)c3ccccc3F)c(=O)c2c1C. The normalized spacial score (nSPS) is 11.0. The van der Waals surface area contributed by atoms with E-state index in [9.17, 15) is 14.0 Å². The Morgan fingerprint density at radius 1 is 1.32 bits per heavy atom. The van der Waals surface area contributed by atoms with Crippen molar-refractivity contribution in [2.24, 2.45) is 0 Å². The molecule has 0 saturated carbocycles. The molecule has 1 aromatic carbocycles. The van der Waals surface area contributed by atoms with Crippen molar-refractivity contribution in [2.45, 2.75) is 20.4 Å². The molecule has 0 fully saturated rings. The Kier molecular flexibility index (Phi) is 3.62. The Bertz CT molecular complexity index is 943. The topological polar surface area (TPSA) is 52.0 Å². The molecule has 22 heavy (non-hydrogen) atoms. The van der Waals surface area contributed by atoms with Crippen molar-refractivity contribution in [2.75, 3.05) is 0 Å². The second-order valence-electron chi connectivity index (χ2n) is 5.04. The first-order valence-electron chi connectivity index (χ1n) is 6.72. The van der Waals surface area contributed by atoms with Gasteiger partial charge in [0.1, 0.15) is 10.6 Å². The molecule has 0 unspecified atom stereocenters. The summed E-state index contributed by atoms with van der Waals surface area (Å²) >= 11 is 1.45. The van der Waals surface area contributed by atoms with Crippen LogP contribution in [0.5, 0.6) is 0 Å². The number of hydrogen-bond donors (Lipinski definition) is 0. The van der Waals surface area contributed by atoms with Gasteiger partial charge in [-0.25, -0.2) is 9.37 Å². The van der Waals surface area contributed by atoms with Crippen LogP contribution < -0.4 is 5.56 Å². The van der Waals surface area contributed by atoms with Crippen LogP contribution in [0, 0.1) is 19.7 Å². The number of ketones is 1. The van der Waals surface area contributed by atoms with Gasteiger partial charge in [-0.1, -0.05) is 12.1 Å². The molecule has 0 N–H and O–H groups in total. The van der Waals surface area contributed by atoms with Crippen LogP contribution in [-0.4, -0.2) is 15.3 Å². The molecule has 0 aliphatic rings. The van der Waals surface area contributed by atoms with Gasteiger partial charge in [0.05, 0.1) is 23.8 Å². The number of Topliss-reactive ketones (excluding diaryl/α,β-unsaturated/α-hetero) is 1. The molecule has 3 rings (SSSR count). The van der Waals surface area contributed by atoms with E-state index in [0.29, 0.717) is 10.2 Å². The summed E-state index contributed by atoms with van der Waals surface area (Å²) in [4.78, 5) is 30.6. The zero-order valence-electron chi connectivity index (χ0n) is 12.1. The van der Waals surface area contributed by atoms with E-state index in [1.807, 2.05) is 13.8 Å². The predicted octanol–water partition coefficient (Wildman–Crippen LogP) is 3.10. The van der Waals surface area contributed by atoms with Gasteiger partial charge in [-0.15, -0.1) is 11.3 Å². The van der Waals surface area contributed by atoms with Crippen LogP contribution in [0.4, 0.5) is 4.39 Å². The number of aromatic nitrogens is 2. The van der Waals surface area contributed by atoms with Crippen molar-refractivity contribution in [3.05, 3.63) is 62.8 Å². The van der Waals surface area contributed by atoms with Gasteiger partial charge in [0.15, 0.2) is 5.78 Å². The molecule has 4 nitrogen and oxygen atoms in total. The minimum atomic E-state index is -0.586. The number of aryl methyl sites for hydroxylation is 2. The number of benzene rings is 1. The highest BCUT2D eigenvalue weighted by molar-refractivity contribution is 7.18. The number of rotatable bonds is 3. The van der Waals surface area contributed by atoms with Crippen molar-refractivity contribution in [1.82, 2.24) is 9.55 Å². The Morgan fingerprint density at radius 3 is 2.77 bits per heavy atom. The fourth-order valence-electron chi connectivity index (χ4n) is 2.31. The fraction of sp³-hybridized carbons (Fsp3) is 0.188. The molecular weight excluding hydrogens is 303 g/mol. The van der Waals surface area contributed by atoms with Gasteiger partial charge in [-0.05, 0) is 31.5 Å². The maximum atomic E-state index is 13.6. The summed E-state index contributed by atoms with van der Waals surface area (Å²) in [6.45, 7) is 3.56. The number of fused-ring (bicyclic) bond motifs is 1. The van der Waals surface area contributed by atoms with E-state index in [-0.39, 0.29) is 17.7 Å². The van der Waals surface area contributed by atoms with E-state index in [0.717, 1.165) is 10.4 Å². The molecule has 0 aliphatic heterocycles. The maximum absolute atomic E-state index is 13.6. The zero-order chi connectivity index (χ0) is 15.9. The van der Waals surface area contributed by atoms with Crippen LogP contribution in [0.3, 0.4) is 0 Å². The highest BCUT2D eigenvalue weighted by Crippen LogP contribution is 2.25. The first kappa shape index (κ1) is 14.6. The second kappa shape index (κ2) is 5.46. The molecule has 0 aliphatic carbocycles. The lowest BCUT2D eigenvalue weighted by atomic mass is 10.1. The van der Waals surface area contributed by atoms with Crippen LogP contribution in [-0.2, 0) is 6.54 Å². The van der Waals surface area contributed by atoms with Crippen molar-refractivity contribution < 1.29 is 9.18 Å². The summed E-state index contributed by atoms with van der Waals surface area (Å²) in [6.07, 6.45) is 1.35. The minimum absolute atomic E-state index is 0.0206. The Hall–Kier alpha value is -2.34. The Labute approximate surface area is 129 Å². The maximum Gasteiger partial charge on any atom is 0.262 e. The summed E-state index contributed by atoms with van der Waals surface area (Å²) in [6, 6.07) is 5.74. The molecule has 0 radical (unpaired) electrons. The average molecular weight is 316 g/mol. The van der Waals surface area contributed by atoms with Crippen LogP contribution in [0.1, 0.15) is 20.8 Å². The number of carbonyl (C=O) groups is 1. The van der Waals surface area contributed by atoms with Crippen molar-refractivity contribution in [3.8, 4) is 0 Å². The summed E-state index contributed by atoms with van der Waals surface area (Å²) in [5.41, 5.74) is 0.592. The summed E-state index contributed by atoms with van der Waals surface area (Å²) < 4.78 is 14.9. The monoisotopic (exact) mass is 316 g/mol. The lowest BCUT2D eigenvalue weighted by Gasteiger charge is -2.05. The number of nitrogens with zero attached hydrogens (tertiary/aromatic N) is 2. The van der Waals surface area contributed by atoms with Crippen LogP contribution >= 0.6 is 11.3 Å². The van der Waals surface area contributed by atoms with Crippen molar-refractivity contribution in [1.29, 1.82) is 0 Å². The lowest BCUT2D eigenvalue weighted by molar-refractivity contribution is 0.0966. The highest BCUT2D eigenvalue weighted by Gasteiger charge is 2.16. The first-order valence-corrected chi connectivity index (χ1v) is 7.53. The molecule has 0 spiro atoms. The zero-order valence-corrected chi connectivity index (χ0v) is 12.9. The molecule has 0 amide bonds. The van der Waals surface area contributed by atoms with E-state index >= 15 is 0 Å². The van der Waals surface area contributed by atoms with Crippen LogP contribution in [0.15, 0.2) is 35.4 Å². The summed E-state index contributed by atoms with van der Waals surface area (Å²) in [5, 5.41) is 0.534. The van der Waals surface area contributed by atoms with Gasteiger partial charge < -0.3 is 0 Å². The fourth-order valence-corrected chi connectivity index (χ4v) is 3.30. The number of hydrogen-bond acceptors (Lipinski definition) is 4. The van der Waals surface area contributed by atoms with Gasteiger partial charge in [-0.2, -0.15) is 0 Å². The average Bonchev–Trinajstić information content (AvgIpc) is 2.78. The molecule has 6 heteroatoms. The molecule has 0 atom stereocenters. The molecule has 0 bridgehead atoms. The minimum Gasteiger partial charge on any atom is -0.292 e. The number of thiophene rings is 1. The molecule has 112 valence electrons. The lowest BCUT2D eigenvalue weighted by Crippen LogP contribution is -2.25. The molecular formula is C16H13FN2O2S. The smallest absolute Gasteiger partial charge is 0.262 e. The van der Waals surface area contributed by atoms with Crippen molar-refractivity contribution in [3.63, 3.8) is 0 Å². The van der Waals surface area contributed by atoms with Gasteiger partial charge in [0.25, 0.3) is 5.56 Å². The van der Waals surface area contributed by atoms with E-state index in [1.54, 1.807) is 6.07 Å².